The molecule has 7 heteroatoms. The Kier molecular flexibility index (Phi) is 18.9. The Morgan fingerprint density at radius 3 is 1.02 bits per heavy atom. The van der Waals surface area contributed by atoms with Gasteiger partial charge in [0.15, 0.2) is 0 Å². The number of halogens is 5. The third-order valence-electron chi connectivity index (χ3n) is 8.49. The standard InChI is InChI=1S/3C10H14.C9H11F5OS.C9H12/c1-8(2)10-6-4-9(3)5-7-10;2*1-8(2)10-6-4-5-9(3)7-10;1-7(2)8-3-5-9(6-4-8)15-16(10,11,12,13)14;1-3-9-6-4-8(2)5-7-9/h3*4-8H,1-3H3;3-7H,1-2H3;4-7H,3H2,1-2H3. The first-order chi connectivity index (χ1) is 25.3. The summed E-state index contributed by atoms with van der Waals surface area (Å²) in [5.41, 5.74) is 11.8. The van der Waals surface area contributed by atoms with Crippen LogP contribution in [0.25, 0.3) is 0 Å². The van der Waals surface area contributed by atoms with Crippen LogP contribution in [0.5, 0.6) is 5.75 Å². The topological polar surface area (TPSA) is 9.23 Å². The van der Waals surface area contributed by atoms with Crippen molar-refractivity contribution in [1.82, 2.24) is 0 Å². The molecule has 0 radical (unpaired) electrons. The minimum absolute atomic E-state index is 0.106. The fourth-order valence-electron chi connectivity index (χ4n) is 4.92. The van der Waals surface area contributed by atoms with Crippen LogP contribution in [0.2, 0.25) is 0 Å². The molecule has 0 aliphatic rings. The Hall–Kier alpha value is -4.10. The zero-order valence-electron chi connectivity index (χ0n) is 35.3. The average Bonchev–Trinajstić information content (AvgIpc) is 3.09. The lowest BCUT2D eigenvalue weighted by Gasteiger charge is -2.39. The van der Waals surface area contributed by atoms with Gasteiger partial charge in [0.25, 0.3) is 0 Å². The maximum absolute atomic E-state index is 11.9. The zero-order chi connectivity index (χ0) is 42.0. The number of hydrogen-bond acceptors (Lipinski definition) is 1. The molecular weight excluding hydrogens is 720 g/mol. The number of aryl methyl sites for hydroxylation is 5. The average molecular weight is 785 g/mol. The molecule has 0 aliphatic heterocycles. The van der Waals surface area contributed by atoms with Gasteiger partial charge in [0.05, 0.1) is 0 Å². The summed E-state index contributed by atoms with van der Waals surface area (Å²) in [5.74, 6) is 1.16. The molecule has 5 rings (SSSR count). The molecule has 0 saturated heterocycles. The minimum Gasteiger partial charge on any atom is -0.355 e. The van der Waals surface area contributed by atoms with E-state index in [0.717, 1.165) is 24.1 Å². The Labute approximate surface area is 330 Å². The van der Waals surface area contributed by atoms with Gasteiger partial charge < -0.3 is 4.18 Å². The second-order valence-electron chi connectivity index (χ2n) is 15.2. The van der Waals surface area contributed by atoms with Crippen LogP contribution in [0.15, 0.2) is 121 Å². The maximum atomic E-state index is 11.9. The monoisotopic (exact) mass is 784 g/mol. The summed E-state index contributed by atoms with van der Waals surface area (Å²) in [5, 5.41) is 0. The van der Waals surface area contributed by atoms with Gasteiger partial charge in [-0.25, -0.2) is 0 Å². The van der Waals surface area contributed by atoms with E-state index in [2.05, 4.69) is 177 Å². The van der Waals surface area contributed by atoms with Gasteiger partial charge in [-0.05, 0) is 97.7 Å². The molecule has 304 valence electrons. The normalized spacial score (nSPS) is 12.1. The summed E-state index contributed by atoms with van der Waals surface area (Å²) in [4.78, 5) is 0. The molecule has 0 amide bonds. The molecule has 5 aromatic carbocycles. The van der Waals surface area contributed by atoms with E-state index in [0.29, 0.717) is 17.8 Å². The fraction of sp³-hybridized carbons (Fsp3) is 0.375. The predicted octanol–water partition coefficient (Wildman–Crippen LogP) is 17.3. The van der Waals surface area contributed by atoms with Crippen LogP contribution in [-0.4, -0.2) is 0 Å². The summed E-state index contributed by atoms with van der Waals surface area (Å²) in [6.07, 6.45) is 1.14. The largest absolute Gasteiger partial charge is 0.435 e. The second-order valence-corrected chi connectivity index (χ2v) is 17.2. The van der Waals surface area contributed by atoms with Crippen LogP contribution < -0.4 is 4.18 Å². The molecule has 0 heterocycles. The van der Waals surface area contributed by atoms with Crippen molar-refractivity contribution in [3.05, 3.63) is 171 Å². The molecule has 0 atom stereocenters. The Balaban J connectivity index is 0.000000350. The summed E-state index contributed by atoms with van der Waals surface area (Å²) in [6, 6.07) is 39.1. The van der Waals surface area contributed by atoms with Gasteiger partial charge in [-0.1, -0.05) is 213 Å². The summed E-state index contributed by atoms with van der Waals surface area (Å²) >= 11 is 0. The van der Waals surface area contributed by atoms with E-state index < -0.39 is 16.3 Å². The number of rotatable bonds is 7. The summed E-state index contributed by atoms with van der Waals surface area (Å²) in [7, 11) is -9.84. The van der Waals surface area contributed by atoms with E-state index in [-0.39, 0.29) is 5.92 Å². The highest BCUT2D eigenvalue weighted by Gasteiger charge is 2.67. The van der Waals surface area contributed by atoms with Crippen molar-refractivity contribution in [2.45, 2.75) is 120 Å². The second kappa shape index (κ2) is 21.3. The molecule has 0 aromatic heterocycles. The van der Waals surface area contributed by atoms with Crippen molar-refractivity contribution in [3.8, 4) is 5.75 Å². The van der Waals surface area contributed by atoms with Gasteiger partial charge in [0.2, 0.25) is 0 Å². The summed E-state index contributed by atoms with van der Waals surface area (Å²) in [6.45, 7) is 27.6. The van der Waals surface area contributed by atoms with Gasteiger partial charge in [-0.2, -0.15) is 0 Å². The van der Waals surface area contributed by atoms with E-state index in [1.165, 1.54) is 56.6 Å². The van der Waals surface area contributed by atoms with Crippen molar-refractivity contribution in [1.29, 1.82) is 0 Å². The first kappa shape index (κ1) is 48.9. The van der Waals surface area contributed by atoms with Gasteiger partial charge in [-0.15, -0.1) is 0 Å². The van der Waals surface area contributed by atoms with Crippen LogP contribution in [0.4, 0.5) is 19.4 Å². The van der Waals surface area contributed by atoms with Crippen molar-refractivity contribution in [3.63, 3.8) is 0 Å². The lowest BCUT2D eigenvalue weighted by atomic mass is 10.0. The van der Waals surface area contributed by atoms with Crippen LogP contribution in [-0.2, 0) is 6.42 Å². The fourth-order valence-corrected chi connectivity index (χ4v) is 5.40. The van der Waals surface area contributed by atoms with Crippen molar-refractivity contribution >= 4 is 10.5 Å². The van der Waals surface area contributed by atoms with Crippen LogP contribution >= 0.6 is 10.5 Å². The molecule has 0 fully saturated rings. The van der Waals surface area contributed by atoms with Crippen LogP contribution in [0.3, 0.4) is 0 Å². The van der Waals surface area contributed by atoms with E-state index in [9.17, 15) is 19.4 Å². The quantitative estimate of drug-likeness (QED) is 0.149. The highest BCUT2D eigenvalue weighted by Crippen LogP contribution is 2.97. The molecule has 0 bridgehead atoms. The third-order valence-corrected chi connectivity index (χ3v) is 9.00. The maximum Gasteiger partial charge on any atom is 0.435 e. The van der Waals surface area contributed by atoms with Crippen LogP contribution in [0, 0.1) is 27.7 Å². The van der Waals surface area contributed by atoms with E-state index in [4.69, 9.17) is 0 Å². The first-order valence-corrected chi connectivity index (χ1v) is 21.0. The minimum atomic E-state index is -9.84. The van der Waals surface area contributed by atoms with Crippen molar-refractivity contribution in [2.75, 3.05) is 0 Å². The molecule has 55 heavy (non-hydrogen) atoms. The molecule has 0 aliphatic carbocycles. The van der Waals surface area contributed by atoms with E-state index >= 15 is 0 Å². The Bertz CT molecular complexity index is 1760. The summed E-state index contributed by atoms with van der Waals surface area (Å²) < 4.78 is 62.6. The highest BCUT2D eigenvalue weighted by atomic mass is 32.5. The Morgan fingerprint density at radius 2 is 0.745 bits per heavy atom. The van der Waals surface area contributed by atoms with E-state index in [1.54, 1.807) is 0 Å². The molecule has 1 nitrogen and oxygen atoms in total. The highest BCUT2D eigenvalue weighted by molar-refractivity contribution is 8.42. The lowest BCUT2D eigenvalue weighted by molar-refractivity contribution is 0.243. The molecule has 0 spiro atoms. The lowest BCUT2D eigenvalue weighted by Crippen LogP contribution is -2.13. The first-order valence-electron chi connectivity index (χ1n) is 19.1. The van der Waals surface area contributed by atoms with Gasteiger partial charge in [0, 0.05) is 0 Å². The van der Waals surface area contributed by atoms with Crippen molar-refractivity contribution in [2.24, 2.45) is 0 Å². The SMILES string of the molecule is CC(C)c1ccc(OS(F)(F)(F)(F)F)cc1.CCc1ccc(C)cc1.Cc1ccc(C(C)C)cc1.Cc1cccc(C(C)C)c1.Cc1cccc(C(C)C)c1. The molecule has 0 N–H and O–H groups in total. The van der Waals surface area contributed by atoms with Gasteiger partial charge in [-0.3, -0.25) is 0 Å². The van der Waals surface area contributed by atoms with Gasteiger partial charge in [0.1, 0.15) is 5.75 Å². The van der Waals surface area contributed by atoms with Gasteiger partial charge >= 0.3 is 10.5 Å². The molecule has 5 aromatic rings. The molecule has 0 unspecified atom stereocenters. The molecule has 0 saturated carbocycles. The molecular formula is C48H65F5OS. The smallest absolute Gasteiger partial charge is 0.355 e. The van der Waals surface area contributed by atoms with E-state index in [1.807, 2.05) is 13.8 Å². The predicted molar refractivity (Wildman–Crippen MR) is 231 cm³/mol. The number of benzene rings is 5. The van der Waals surface area contributed by atoms with Crippen LogP contribution in [0.1, 0.15) is 136 Å². The van der Waals surface area contributed by atoms with Crippen molar-refractivity contribution < 1.29 is 23.6 Å². The number of hydrogen-bond donors (Lipinski definition) is 0. The Morgan fingerprint density at radius 1 is 0.418 bits per heavy atom. The third kappa shape index (κ3) is 22.8. The zero-order valence-corrected chi connectivity index (χ0v) is 36.1.